The molecular formula is C9H14N4O. The van der Waals surface area contributed by atoms with Crippen LogP contribution in [0.4, 0.5) is 5.82 Å². The molecule has 2 N–H and O–H groups in total. The molecule has 1 amide bonds. The van der Waals surface area contributed by atoms with Gasteiger partial charge in [-0.25, -0.2) is 0 Å². The summed E-state index contributed by atoms with van der Waals surface area (Å²) in [6, 6.07) is 1.86. The average Bonchev–Trinajstić information content (AvgIpc) is 2.46. The smallest absolute Gasteiger partial charge is 0.272 e. The van der Waals surface area contributed by atoms with E-state index in [9.17, 15) is 4.79 Å². The van der Waals surface area contributed by atoms with E-state index in [2.05, 4.69) is 5.10 Å². The Bertz CT molecular complexity index is 369. The molecule has 0 bridgehead atoms. The maximum Gasteiger partial charge on any atom is 0.272 e. The number of hydrogen-bond acceptors (Lipinski definition) is 3. The minimum Gasteiger partial charge on any atom is -0.382 e. The van der Waals surface area contributed by atoms with Crippen molar-refractivity contribution in [2.75, 3.05) is 12.3 Å². The maximum atomic E-state index is 11.9. The Morgan fingerprint density at radius 3 is 2.86 bits per heavy atom. The van der Waals surface area contributed by atoms with Crippen LogP contribution in [0.15, 0.2) is 6.07 Å². The lowest BCUT2D eigenvalue weighted by atomic mass is 10.2. The van der Waals surface area contributed by atoms with E-state index in [1.807, 2.05) is 18.7 Å². The highest BCUT2D eigenvalue weighted by atomic mass is 16.2. The molecule has 2 rings (SSSR count). The van der Waals surface area contributed by atoms with Gasteiger partial charge in [-0.3, -0.25) is 9.48 Å². The predicted octanol–water partition coefficient (Wildman–Crippen LogP) is 0.330. The summed E-state index contributed by atoms with van der Waals surface area (Å²) in [6.45, 7) is 5.46. The van der Waals surface area contributed by atoms with Crippen LogP contribution >= 0.6 is 0 Å². The molecule has 1 aliphatic heterocycles. The number of rotatable bonds is 1. The van der Waals surface area contributed by atoms with Crippen molar-refractivity contribution in [1.29, 1.82) is 0 Å². The van der Waals surface area contributed by atoms with E-state index in [4.69, 9.17) is 5.73 Å². The molecule has 0 aliphatic carbocycles. The molecule has 0 unspecified atom stereocenters. The number of carbonyl (C=O) groups excluding carboxylic acids is 1. The number of aromatic nitrogens is 2. The molecule has 0 saturated carbocycles. The normalized spacial score (nSPS) is 16.2. The summed E-state index contributed by atoms with van der Waals surface area (Å²) in [5.74, 6) is 0.439. The molecule has 0 radical (unpaired) electrons. The van der Waals surface area contributed by atoms with Crippen LogP contribution in [0.5, 0.6) is 0 Å². The number of amides is 1. The molecule has 5 heteroatoms. The van der Waals surface area contributed by atoms with Gasteiger partial charge in [0.25, 0.3) is 5.91 Å². The molecule has 1 aromatic rings. The standard InChI is InChI=1S/C9H14N4O/c1-6(2)12-3-4-13-7(9(12)14)5-8(10)11-13/h5-6H,3-4H2,1-2H3,(H2,10,11). The van der Waals surface area contributed by atoms with Crippen LogP contribution in [-0.2, 0) is 6.54 Å². The van der Waals surface area contributed by atoms with Gasteiger partial charge in [0.1, 0.15) is 11.5 Å². The second kappa shape index (κ2) is 3.01. The summed E-state index contributed by atoms with van der Waals surface area (Å²) in [5.41, 5.74) is 6.14. The van der Waals surface area contributed by atoms with Crippen LogP contribution < -0.4 is 5.73 Å². The van der Waals surface area contributed by atoms with E-state index in [0.717, 1.165) is 6.54 Å². The third kappa shape index (κ3) is 1.25. The van der Waals surface area contributed by atoms with Crippen LogP contribution in [0.2, 0.25) is 0 Å². The fraction of sp³-hybridized carbons (Fsp3) is 0.556. The number of anilines is 1. The van der Waals surface area contributed by atoms with E-state index < -0.39 is 0 Å². The molecule has 1 aliphatic rings. The van der Waals surface area contributed by atoms with Crippen molar-refractivity contribution >= 4 is 11.7 Å². The summed E-state index contributed by atoms with van der Waals surface area (Å²) in [5, 5.41) is 4.04. The highest BCUT2D eigenvalue weighted by Gasteiger charge is 2.27. The number of fused-ring (bicyclic) bond motifs is 1. The third-order valence-electron chi connectivity index (χ3n) is 2.45. The second-order valence-electron chi connectivity index (χ2n) is 3.77. The molecule has 0 aromatic carbocycles. The minimum atomic E-state index is 0.0236. The van der Waals surface area contributed by atoms with Crippen LogP contribution in [-0.4, -0.2) is 33.2 Å². The Morgan fingerprint density at radius 2 is 2.21 bits per heavy atom. The molecule has 1 aromatic heterocycles. The zero-order valence-electron chi connectivity index (χ0n) is 8.40. The van der Waals surface area contributed by atoms with Gasteiger partial charge in [0, 0.05) is 18.7 Å². The van der Waals surface area contributed by atoms with Crippen molar-refractivity contribution in [1.82, 2.24) is 14.7 Å². The predicted molar refractivity (Wildman–Crippen MR) is 52.8 cm³/mol. The summed E-state index contributed by atoms with van der Waals surface area (Å²) in [6.07, 6.45) is 0. The fourth-order valence-corrected chi connectivity index (χ4v) is 1.72. The van der Waals surface area contributed by atoms with Crippen molar-refractivity contribution < 1.29 is 4.79 Å². The summed E-state index contributed by atoms with van der Waals surface area (Å²) >= 11 is 0. The topological polar surface area (TPSA) is 64.2 Å². The van der Waals surface area contributed by atoms with E-state index in [1.54, 1.807) is 10.7 Å². The van der Waals surface area contributed by atoms with Gasteiger partial charge in [0.05, 0.1) is 6.54 Å². The van der Waals surface area contributed by atoms with E-state index in [1.165, 1.54) is 0 Å². The molecule has 5 nitrogen and oxygen atoms in total. The molecule has 76 valence electrons. The lowest BCUT2D eigenvalue weighted by Crippen LogP contribution is -2.44. The van der Waals surface area contributed by atoms with Gasteiger partial charge in [-0.2, -0.15) is 5.10 Å². The first kappa shape index (κ1) is 9.05. The van der Waals surface area contributed by atoms with Crippen molar-refractivity contribution in [3.8, 4) is 0 Å². The highest BCUT2D eigenvalue weighted by molar-refractivity contribution is 5.94. The van der Waals surface area contributed by atoms with Gasteiger partial charge >= 0.3 is 0 Å². The van der Waals surface area contributed by atoms with Crippen molar-refractivity contribution in [2.45, 2.75) is 26.4 Å². The quantitative estimate of drug-likeness (QED) is 0.700. The molecule has 14 heavy (non-hydrogen) atoms. The number of hydrogen-bond donors (Lipinski definition) is 1. The first-order valence-electron chi connectivity index (χ1n) is 4.74. The number of nitrogen functional groups attached to an aromatic ring is 1. The highest BCUT2D eigenvalue weighted by Crippen LogP contribution is 2.16. The second-order valence-corrected chi connectivity index (χ2v) is 3.77. The van der Waals surface area contributed by atoms with Gasteiger partial charge in [0.2, 0.25) is 0 Å². The maximum absolute atomic E-state index is 11.9. The molecule has 2 heterocycles. The van der Waals surface area contributed by atoms with E-state index >= 15 is 0 Å². The van der Waals surface area contributed by atoms with E-state index in [-0.39, 0.29) is 11.9 Å². The van der Waals surface area contributed by atoms with Crippen molar-refractivity contribution in [3.05, 3.63) is 11.8 Å². The zero-order valence-corrected chi connectivity index (χ0v) is 8.40. The lowest BCUT2D eigenvalue weighted by Gasteiger charge is -2.30. The van der Waals surface area contributed by atoms with Gasteiger partial charge in [0.15, 0.2) is 0 Å². The lowest BCUT2D eigenvalue weighted by molar-refractivity contribution is 0.0642. The number of nitrogens with two attached hydrogens (primary N) is 1. The summed E-state index contributed by atoms with van der Waals surface area (Å²) in [4.78, 5) is 13.7. The zero-order chi connectivity index (χ0) is 10.3. The van der Waals surface area contributed by atoms with Crippen molar-refractivity contribution in [2.24, 2.45) is 0 Å². The Hall–Kier alpha value is -1.52. The van der Waals surface area contributed by atoms with Crippen molar-refractivity contribution in [3.63, 3.8) is 0 Å². The first-order chi connectivity index (χ1) is 6.59. The summed E-state index contributed by atoms with van der Waals surface area (Å²) < 4.78 is 1.68. The van der Waals surface area contributed by atoms with Gasteiger partial charge < -0.3 is 10.6 Å². The SMILES string of the molecule is CC(C)N1CCn2nc(N)cc2C1=O. The van der Waals surface area contributed by atoms with Gasteiger partial charge in [-0.05, 0) is 13.8 Å². The number of nitrogens with zero attached hydrogens (tertiary/aromatic N) is 3. The molecule has 0 spiro atoms. The Labute approximate surface area is 82.5 Å². The number of carbonyl (C=O) groups is 1. The van der Waals surface area contributed by atoms with Crippen LogP contribution in [0.25, 0.3) is 0 Å². The molecule has 0 saturated heterocycles. The Morgan fingerprint density at radius 1 is 1.50 bits per heavy atom. The first-order valence-corrected chi connectivity index (χ1v) is 4.74. The van der Waals surface area contributed by atoms with Gasteiger partial charge in [-0.1, -0.05) is 0 Å². The van der Waals surface area contributed by atoms with Crippen LogP contribution in [0.3, 0.4) is 0 Å². The molecular weight excluding hydrogens is 180 g/mol. The minimum absolute atomic E-state index is 0.0236. The molecule has 0 atom stereocenters. The summed E-state index contributed by atoms with van der Waals surface area (Å²) in [7, 11) is 0. The van der Waals surface area contributed by atoms with E-state index in [0.29, 0.717) is 18.1 Å². The largest absolute Gasteiger partial charge is 0.382 e. The van der Waals surface area contributed by atoms with Crippen LogP contribution in [0.1, 0.15) is 24.3 Å². The Kier molecular flexibility index (Phi) is 1.94. The molecule has 0 fully saturated rings. The van der Waals surface area contributed by atoms with Crippen LogP contribution in [0, 0.1) is 0 Å². The third-order valence-corrected chi connectivity index (χ3v) is 2.45. The average molecular weight is 194 g/mol. The Balaban J connectivity index is 2.36. The fourth-order valence-electron chi connectivity index (χ4n) is 1.72. The van der Waals surface area contributed by atoms with Gasteiger partial charge in [-0.15, -0.1) is 0 Å². The monoisotopic (exact) mass is 194 g/mol.